The number of hydrogen-bond donors (Lipinski definition) is 2. The Balaban J connectivity index is 0.00000208. The Labute approximate surface area is 162 Å². The van der Waals surface area contributed by atoms with E-state index in [4.69, 9.17) is 4.52 Å². The van der Waals surface area contributed by atoms with Gasteiger partial charge in [0.2, 0.25) is 0 Å². The Hall–Kier alpha value is -0.790. The van der Waals surface area contributed by atoms with E-state index >= 15 is 0 Å². The van der Waals surface area contributed by atoms with Crippen molar-refractivity contribution in [1.82, 2.24) is 15.8 Å². The maximum atomic E-state index is 5.22. The SMILES string of the molecule is CN=C(NCCc1c(C)noc1C)NC1CCC2CCCC2C1.I. The lowest BCUT2D eigenvalue weighted by molar-refractivity contribution is 0.239. The molecule has 0 bridgehead atoms. The van der Waals surface area contributed by atoms with Crippen molar-refractivity contribution in [3.05, 3.63) is 17.0 Å². The molecule has 0 aliphatic heterocycles. The molecule has 3 unspecified atom stereocenters. The van der Waals surface area contributed by atoms with Crippen LogP contribution in [0.5, 0.6) is 0 Å². The number of halogens is 1. The van der Waals surface area contributed by atoms with Gasteiger partial charge >= 0.3 is 0 Å². The molecule has 1 aromatic heterocycles. The molecule has 24 heavy (non-hydrogen) atoms. The number of hydrogen-bond acceptors (Lipinski definition) is 3. The van der Waals surface area contributed by atoms with E-state index in [1.807, 2.05) is 20.9 Å². The second kappa shape index (κ2) is 9.06. The molecule has 136 valence electrons. The fourth-order valence-electron chi connectivity index (χ4n) is 4.39. The summed E-state index contributed by atoms with van der Waals surface area (Å²) in [4.78, 5) is 4.39. The van der Waals surface area contributed by atoms with Gasteiger partial charge in [0.1, 0.15) is 5.76 Å². The summed E-state index contributed by atoms with van der Waals surface area (Å²) in [6, 6.07) is 0.583. The third-order valence-electron chi connectivity index (χ3n) is 5.70. The Morgan fingerprint density at radius 1 is 1.21 bits per heavy atom. The van der Waals surface area contributed by atoms with Gasteiger partial charge in [0.05, 0.1) is 5.69 Å². The minimum atomic E-state index is 0. The first-order valence-electron chi connectivity index (χ1n) is 9.06. The predicted molar refractivity (Wildman–Crippen MR) is 108 cm³/mol. The van der Waals surface area contributed by atoms with Crippen LogP contribution < -0.4 is 10.6 Å². The number of fused-ring (bicyclic) bond motifs is 1. The molecule has 5 nitrogen and oxygen atoms in total. The zero-order valence-corrected chi connectivity index (χ0v) is 17.4. The van der Waals surface area contributed by atoms with Crippen LogP contribution in [-0.2, 0) is 6.42 Å². The van der Waals surface area contributed by atoms with Gasteiger partial charge in [0, 0.05) is 25.2 Å². The minimum absolute atomic E-state index is 0. The smallest absolute Gasteiger partial charge is 0.191 e. The average Bonchev–Trinajstić information content (AvgIpc) is 3.14. The van der Waals surface area contributed by atoms with Crippen LogP contribution in [0.25, 0.3) is 0 Å². The molecule has 1 heterocycles. The van der Waals surface area contributed by atoms with E-state index in [0.717, 1.165) is 42.2 Å². The Morgan fingerprint density at radius 2 is 2.00 bits per heavy atom. The van der Waals surface area contributed by atoms with Crippen LogP contribution >= 0.6 is 24.0 Å². The van der Waals surface area contributed by atoms with E-state index < -0.39 is 0 Å². The lowest BCUT2D eigenvalue weighted by Gasteiger charge is -2.33. The van der Waals surface area contributed by atoms with E-state index in [1.165, 1.54) is 44.1 Å². The number of aryl methyl sites for hydroxylation is 2. The van der Waals surface area contributed by atoms with Gasteiger partial charge in [-0.3, -0.25) is 4.99 Å². The van der Waals surface area contributed by atoms with Crippen molar-refractivity contribution in [3.63, 3.8) is 0 Å². The first kappa shape index (κ1) is 19.5. The minimum Gasteiger partial charge on any atom is -0.361 e. The van der Waals surface area contributed by atoms with Crippen LogP contribution in [0.3, 0.4) is 0 Å². The molecule has 0 radical (unpaired) electrons. The maximum Gasteiger partial charge on any atom is 0.191 e. The van der Waals surface area contributed by atoms with Crippen LogP contribution in [0.4, 0.5) is 0 Å². The molecule has 2 saturated carbocycles. The van der Waals surface area contributed by atoms with Crippen LogP contribution in [0.2, 0.25) is 0 Å². The Bertz CT molecular complexity index is 538. The van der Waals surface area contributed by atoms with Gasteiger partial charge < -0.3 is 15.2 Å². The number of nitrogens with zero attached hydrogens (tertiary/aromatic N) is 2. The lowest BCUT2D eigenvalue weighted by Crippen LogP contribution is -2.46. The number of aromatic nitrogens is 1. The molecular weight excluding hydrogens is 415 g/mol. The van der Waals surface area contributed by atoms with Gasteiger partial charge in [0.15, 0.2) is 5.96 Å². The largest absolute Gasteiger partial charge is 0.361 e. The second-order valence-corrected chi connectivity index (χ2v) is 7.16. The highest BCUT2D eigenvalue weighted by Crippen LogP contribution is 2.41. The van der Waals surface area contributed by atoms with Gasteiger partial charge in [-0.1, -0.05) is 24.4 Å². The first-order chi connectivity index (χ1) is 11.2. The van der Waals surface area contributed by atoms with Gasteiger partial charge in [-0.05, 0) is 51.4 Å². The fraction of sp³-hybridized carbons (Fsp3) is 0.778. The highest BCUT2D eigenvalue weighted by atomic mass is 127. The topological polar surface area (TPSA) is 62.5 Å². The van der Waals surface area contributed by atoms with Crippen molar-refractivity contribution in [2.75, 3.05) is 13.6 Å². The Kier molecular flexibility index (Phi) is 7.37. The summed E-state index contributed by atoms with van der Waals surface area (Å²) in [6.07, 6.45) is 9.23. The highest BCUT2D eigenvalue weighted by molar-refractivity contribution is 14.0. The van der Waals surface area contributed by atoms with Gasteiger partial charge in [0.25, 0.3) is 0 Å². The molecule has 3 rings (SSSR count). The van der Waals surface area contributed by atoms with E-state index in [1.54, 1.807) is 0 Å². The summed E-state index contributed by atoms with van der Waals surface area (Å²) in [7, 11) is 1.85. The first-order valence-corrected chi connectivity index (χ1v) is 9.06. The zero-order valence-electron chi connectivity index (χ0n) is 15.1. The van der Waals surface area contributed by atoms with Crippen molar-refractivity contribution in [1.29, 1.82) is 0 Å². The van der Waals surface area contributed by atoms with E-state index in [-0.39, 0.29) is 24.0 Å². The molecular formula is C18H31IN4O. The maximum absolute atomic E-state index is 5.22. The van der Waals surface area contributed by atoms with E-state index in [0.29, 0.717) is 6.04 Å². The molecule has 0 saturated heterocycles. The summed E-state index contributed by atoms with van der Waals surface area (Å²) in [6.45, 7) is 4.82. The quantitative estimate of drug-likeness (QED) is 0.422. The van der Waals surface area contributed by atoms with Crippen LogP contribution in [0, 0.1) is 25.7 Å². The second-order valence-electron chi connectivity index (χ2n) is 7.16. The number of aliphatic imine (C=N–C) groups is 1. The molecule has 0 spiro atoms. The number of guanidine groups is 1. The molecule has 3 atom stereocenters. The van der Waals surface area contributed by atoms with Crippen molar-refractivity contribution in [3.8, 4) is 0 Å². The highest BCUT2D eigenvalue weighted by Gasteiger charge is 2.33. The van der Waals surface area contributed by atoms with Crippen molar-refractivity contribution in [2.24, 2.45) is 16.8 Å². The van der Waals surface area contributed by atoms with Crippen molar-refractivity contribution >= 4 is 29.9 Å². The van der Waals surface area contributed by atoms with Gasteiger partial charge in [-0.2, -0.15) is 0 Å². The summed E-state index contributed by atoms with van der Waals surface area (Å²) in [5, 5.41) is 11.1. The van der Waals surface area contributed by atoms with Crippen LogP contribution in [-0.4, -0.2) is 30.8 Å². The monoisotopic (exact) mass is 446 g/mol. The standard InChI is InChI=1S/C18H30N4O.HI/c1-12-17(13(2)23-22-12)9-10-20-18(19-3)21-16-8-7-14-5-4-6-15(14)11-16;/h14-16H,4-11H2,1-3H3,(H2,19,20,21);1H. The Morgan fingerprint density at radius 3 is 2.71 bits per heavy atom. The summed E-state index contributed by atoms with van der Waals surface area (Å²) in [5.41, 5.74) is 2.20. The third kappa shape index (κ3) is 4.64. The van der Waals surface area contributed by atoms with Crippen molar-refractivity contribution in [2.45, 2.75) is 64.8 Å². The van der Waals surface area contributed by atoms with E-state index in [2.05, 4.69) is 20.8 Å². The molecule has 6 heteroatoms. The normalized spacial score (nSPS) is 26.6. The molecule has 0 amide bonds. The van der Waals surface area contributed by atoms with Gasteiger partial charge in [-0.15, -0.1) is 24.0 Å². The molecule has 1 aromatic rings. The predicted octanol–water partition coefficient (Wildman–Crippen LogP) is 3.59. The van der Waals surface area contributed by atoms with Gasteiger partial charge in [-0.25, -0.2) is 0 Å². The average molecular weight is 446 g/mol. The van der Waals surface area contributed by atoms with E-state index in [9.17, 15) is 0 Å². The molecule has 2 N–H and O–H groups in total. The molecule has 2 aliphatic carbocycles. The van der Waals surface area contributed by atoms with Crippen LogP contribution in [0.1, 0.15) is 55.5 Å². The summed E-state index contributed by atoms with van der Waals surface area (Å²) >= 11 is 0. The third-order valence-corrected chi connectivity index (χ3v) is 5.70. The molecule has 2 aliphatic rings. The summed E-state index contributed by atoms with van der Waals surface area (Å²) in [5.74, 6) is 3.80. The van der Waals surface area contributed by atoms with Crippen LogP contribution in [0.15, 0.2) is 9.52 Å². The lowest BCUT2D eigenvalue weighted by atomic mass is 9.79. The zero-order chi connectivity index (χ0) is 16.2. The summed E-state index contributed by atoms with van der Waals surface area (Å²) < 4.78 is 5.22. The number of nitrogens with one attached hydrogen (secondary N) is 2. The fourth-order valence-corrected chi connectivity index (χ4v) is 4.39. The molecule has 2 fully saturated rings. The number of rotatable bonds is 4. The molecule has 0 aromatic carbocycles. The van der Waals surface area contributed by atoms with Crippen molar-refractivity contribution < 1.29 is 4.52 Å².